The summed E-state index contributed by atoms with van der Waals surface area (Å²) in [7, 11) is 0. The van der Waals surface area contributed by atoms with Gasteiger partial charge in [0.1, 0.15) is 17.6 Å². The summed E-state index contributed by atoms with van der Waals surface area (Å²) in [6, 6.07) is 10.2. The molecule has 40 heavy (non-hydrogen) atoms. The number of ether oxygens (including phenoxy) is 3. The van der Waals surface area contributed by atoms with Crippen LogP contribution in [-0.4, -0.2) is 72.1 Å². The van der Waals surface area contributed by atoms with Gasteiger partial charge in [-0.25, -0.2) is 0 Å². The van der Waals surface area contributed by atoms with E-state index in [9.17, 15) is 14.7 Å². The molecule has 0 bridgehead atoms. The monoisotopic (exact) mass is 550 g/mol. The molecule has 0 unspecified atom stereocenters. The Morgan fingerprint density at radius 3 is 2.52 bits per heavy atom. The smallest absolute Gasteiger partial charge is 0.295 e. The Bertz CT molecular complexity index is 1250. The highest BCUT2D eigenvalue weighted by molar-refractivity contribution is 6.46. The third kappa shape index (κ3) is 6.12. The van der Waals surface area contributed by atoms with Gasteiger partial charge in [0.05, 0.1) is 24.8 Å². The lowest BCUT2D eigenvalue weighted by Crippen LogP contribution is -2.33. The maximum atomic E-state index is 13.5. The van der Waals surface area contributed by atoms with Crippen molar-refractivity contribution in [2.45, 2.75) is 66.0 Å². The molecule has 1 amide bonds. The molecule has 2 aromatic carbocycles. The van der Waals surface area contributed by atoms with E-state index in [2.05, 4.69) is 18.7 Å². The first-order valence-corrected chi connectivity index (χ1v) is 14.5. The van der Waals surface area contributed by atoms with E-state index >= 15 is 0 Å². The summed E-state index contributed by atoms with van der Waals surface area (Å²) < 4.78 is 17.6. The van der Waals surface area contributed by atoms with E-state index < -0.39 is 17.7 Å². The normalized spacial score (nSPS) is 19.7. The van der Waals surface area contributed by atoms with Crippen molar-refractivity contribution in [2.24, 2.45) is 0 Å². The Labute approximate surface area is 237 Å². The topological polar surface area (TPSA) is 88.5 Å². The van der Waals surface area contributed by atoms with Crippen LogP contribution in [0.4, 0.5) is 0 Å². The van der Waals surface area contributed by atoms with Gasteiger partial charge in [0.2, 0.25) is 0 Å². The molecule has 2 aromatic rings. The zero-order valence-electron chi connectivity index (χ0n) is 24.4. The number of likely N-dealkylation sites (tertiary alicyclic amines) is 1. The predicted octanol–water partition coefficient (Wildman–Crippen LogP) is 5.35. The molecule has 0 aliphatic carbocycles. The van der Waals surface area contributed by atoms with Crippen molar-refractivity contribution in [3.05, 3.63) is 58.7 Å². The van der Waals surface area contributed by atoms with Crippen LogP contribution in [0.25, 0.3) is 5.76 Å². The number of fused-ring (bicyclic) bond motifs is 1. The molecule has 2 atom stereocenters. The number of nitrogens with zero attached hydrogens (tertiary/aromatic N) is 2. The van der Waals surface area contributed by atoms with Crippen LogP contribution in [-0.2, 0) is 16.0 Å². The highest BCUT2D eigenvalue weighted by Crippen LogP contribution is 2.43. The van der Waals surface area contributed by atoms with Crippen molar-refractivity contribution in [1.82, 2.24) is 9.80 Å². The van der Waals surface area contributed by atoms with Gasteiger partial charge in [0.25, 0.3) is 11.7 Å². The van der Waals surface area contributed by atoms with Gasteiger partial charge in [-0.1, -0.05) is 26.8 Å². The molecular weight excluding hydrogens is 508 g/mol. The number of carbonyl (C=O) groups is 2. The van der Waals surface area contributed by atoms with Crippen LogP contribution in [0.15, 0.2) is 42.0 Å². The molecule has 0 saturated carbocycles. The third-order valence-electron chi connectivity index (χ3n) is 7.52. The van der Waals surface area contributed by atoms with Crippen LogP contribution in [0.5, 0.6) is 17.2 Å². The number of Topliss-reactive ketones (excluding diaryl/α,β-unsaturated/α-hetero) is 1. The number of aliphatic hydroxyl groups is 1. The molecule has 0 radical (unpaired) electrons. The van der Waals surface area contributed by atoms with Crippen molar-refractivity contribution in [3.8, 4) is 17.2 Å². The number of benzene rings is 2. The molecule has 1 saturated heterocycles. The fourth-order valence-electron chi connectivity index (χ4n) is 5.48. The van der Waals surface area contributed by atoms with E-state index in [0.29, 0.717) is 48.8 Å². The number of rotatable bonds is 13. The van der Waals surface area contributed by atoms with E-state index in [-0.39, 0.29) is 17.4 Å². The lowest BCUT2D eigenvalue weighted by molar-refractivity contribution is -0.140. The van der Waals surface area contributed by atoms with E-state index in [1.165, 1.54) is 0 Å². The number of carbonyl (C=O) groups excluding carboxylic acids is 2. The van der Waals surface area contributed by atoms with Crippen LogP contribution < -0.4 is 14.2 Å². The number of aliphatic hydroxyl groups excluding tert-OH is 1. The maximum Gasteiger partial charge on any atom is 0.295 e. The zero-order valence-corrected chi connectivity index (χ0v) is 24.4. The molecule has 2 aliphatic rings. The summed E-state index contributed by atoms with van der Waals surface area (Å²) in [6.45, 7) is 14.1. The van der Waals surface area contributed by atoms with Crippen molar-refractivity contribution in [3.63, 3.8) is 0 Å². The molecule has 4 rings (SSSR count). The standard InChI is InChI=1S/C32H42N2O6/c1-6-17-39-26-14-11-22(20-27(26)38-9-4)29-28(30(35)23-12-13-25-24(19-23)18-21(5)40-25)31(36)32(37)34(29)16-10-15-33(7-2)8-3/h11-14,19-21,29,35H,6-10,15-18H2,1-5H3/t21-,29+/m0/s1. The molecular formula is C32H42N2O6. The molecule has 8 nitrogen and oxygen atoms in total. The minimum Gasteiger partial charge on any atom is -0.507 e. The molecule has 0 spiro atoms. The van der Waals surface area contributed by atoms with Crippen LogP contribution in [0.3, 0.4) is 0 Å². The van der Waals surface area contributed by atoms with Gasteiger partial charge in [-0.15, -0.1) is 0 Å². The lowest BCUT2D eigenvalue weighted by Gasteiger charge is -2.27. The summed E-state index contributed by atoms with van der Waals surface area (Å²) in [6.07, 6.45) is 2.32. The van der Waals surface area contributed by atoms with Crippen molar-refractivity contribution in [1.29, 1.82) is 0 Å². The van der Waals surface area contributed by atoms with Gasteiger partial charge >= 0.3 is 0 Å². The molecule has 216 valence electrons. The highest BCUT2D eigenvalue weighted by Gasteiger charge is 2.46. The first-order valence-electron chi connectivity index (χ1n) is 14.5. The molecule has 8 heteroatoms. The minimum atomic E-state index is -0.750. The Kier molecular flexibility index (Phi) is 9.74. The fraction of sp³-hybridized carbons (Fsp3) is 0.500. The first-order chi connectivity index (χ1) is 19.3. The van der Waals surface area contributed by atoms with Crippen LogP contribution >= 0.6 is 0 Å². The average molecular weight is 551 g/mol. The van der Waals surface area contributed by atoms with Gasteiger partial charge in [-0.3, -0.25) is 9.59 Å². The van der Waals surface area contributed by atoms with Crippen LogP contribution in [0.1, 0.15) is 70.2 Å². The first kappa shape index (κ1) is 29.5. The number of ketones is 1. The molecule has 1 N–H and O–H groups in total. The largest absolute Gasteiger partial charge is 0.507 e. The lowest BCUT2D eigenvalue weighted by atomic mass is 9.94. The molecule has 2 heterocycles. The number of hydrogen-bond acceptors (Lipinski definition) is 7. The van der Waals surface area contributed by atoms with Crippen LogP contribution in [0, 0.1) is 0 Å². The molecule has 0 aromatic heterocycles. The van der Waals surface area contributed by atoms with Crippen molar-refractivity contribution < 1.29 is 28.9 Å². The van der Waals surface area contributed by atoms with E-state index in [0.717, 1.165) is 43.8 Å². The zero-order chi connectivity index (χ0) is 28.8. The predicted molar refractivity (Wildman–Crippen MR) is 155 cm³/mol. The minimum absolute atomic E-state index is 0.0502. The Morgan fingerprint density at radius 1 is 1.05 bits per heavy atom. The average Bonchev–Trinajstić information content (AvgIpc) is 3.45. The highest BCUT2D eigenvalue weighted by atomic mass is 16.5. The SMILES string of the molecule is CCCOc1ccc([C@@H]2C(=C(O)c3ccc4c(c3)C[C@H](C)O4)C(=O)C(=O)N2CCCN(CC)CC)cc1OCC. The molecule has 1 fully saturated rings. The molecule has 2 aliphatic heterocycles. The van der Waals surface area contributed by atoms with Crippen molar-refractivity contribution in [2.75, 3.05) is 39.4 Å². The van der Waals surface area contributed by atoms with Crippen LogP contribution in [0.2, 0.25) is 0 Å². The van der Waals surface area contributed by atoms with Gasteiger partial charge in [0, 0.05) is 18.5 Å². The summed E-state index contributed by atoms with van der Waals surface area (Å²) in [5.74, 6) is 0.473. The maximum absolute atomic E-state index is 13.5. The summed E-state index contributed by atoms with van der Waals surface area (Å²) in [5.41, 5.74) is 2.24. The number of amides is 1. The van der Waals surface area contributed by atoms with E-state index in [4.69, 9.17) is 14.2 Å². The Balaban J connectivity index is 1.78. The van der Waals surface area contributed by atoms with Gasteiger partial charge in [0.15, 0.2) is 11.5 Å². The second-order valence-corrected chi connectivity index (χ2v) is 10.3. The van der Waals surface area contributed by atoms with E-state index in [1.807, 2.05) is 51.1 Å². The van der Waals surface area contributed by atoms with Gasteiger partial charge in [-0.2, -0.15) is 0 Å². The third-order valence-corrected chi connectivity index (χ3v) is 7.52. The van der Waals surface area contributed by atoms with Gasteiger partial charge in [-0.05, 0) is 87.8 Å². The summed E-state index contributed by atoms with van der Waals surface area (Å²) >= 11 is 0. The number of hydrogen-bond donors (Lipinski definition) is 1. The second-order valence-electron chi connectivity index (χ2n) is 10.3. The van der Waals surface area contributed by atoms with E-state index in [1.54, 1.807) is 11.0 Å². The van der Waals surface area contributed by atoms with Gasteiger partial charge < -0.3 is 29.1 Å². The Morgan fingerprint density at radius 2 is 1.82 bits per heavy atom. The van der Waals surface area contributed by atoms with Crippen molar-refractivity contribution >= 4 is 17.4 Å². The second kappa shape index (κ2) is 13.2. The summed E-state index contributed by atoms with van der Waals surface area (Å²) in [5, 5.41) is 11.6. The fourth-order valence-corrected chi connectivity index (χ4v) is 5.48. The summed E-state index contributed by atoms with van der Waals surface area (Å²) in [4.78, 5) is 30.8. The Hall–Kier alpha value is -3.52. The quantitative estimate of drug-likeness (QED) is 0.204.